The Balaban J connectivity index is 1.45. The quantitative estimate of drug-likeness (QED) is 0.805. The summed E-state index contributed by atoms with van der Waals surface area (Å²) >= 11 is 0. The maximum Gasteiger partial charge on any atom is 0.409 e. The lowest BCUT2D eigenvalue weighted by molar-refractivity contribution is -0.118. The molecule has 0 aliphatic carbocycles. The molecular weight excluding hydrogens is 372 g/mol. The molecule has 1 fully saturated rings. The second-order valence-electron chi connectivity index (χ2n) is 6.73. The number of aryl methyl sites for hydroxylation is 1. The number of piperazine rings is 1. The number of amides is 2. The van der Waals surface area contributed by atoms with Gasteiger partial charge in [-0.2, -0.15) is 0 Å². The van der Waals surface area contributed by atoms with Crippen LogP contribution in [-0.2, 0) is 9.53 Å². The summed E-state index contributed by atoms with van der Waals surface area (Å²) in [5, 5.41) is 2.78. The maximum atomic E-state index is 12.1. The number of rotatable bonds is 6. The zero-order valence-corrected chi connectivity index (χ0v) is 16.8. The summed E-state index contributed by atoms with van der Waals surface area (Å²) in [7, 11) is 0. The van der Waals surface area contributed by atoms with Crippen molar-refractivity contribution in [2.75, 3.05) is 49.6 Å². The summed E-state index contributed by atoms with van der Waals surface area (Å²) < 4.78 is 10.5. The highest BCUT2D eigenvalue weighted by atomic mass is 16.6. The first-order valence-electron chi connectivity index (χ1n) is 9.67. The first kappa shape index (κ1) is 20.4. The van der Waals surface area contributed by atoms with E-state index in [1.165, 1.54) is 0 Å². The second kappa shape index (κ2) is 9.77. The fraction of sp³-hybridized carbons (Fsp3) is 0.381. The molecule has 0 saturated carbocycles. The average Bonchev–Trinajstić information content (AvgIpc) is 2.74. The van der Waals surface area contributed by atoms with Gasteiger partial charge in [0.25, 0.3) is 5.91 Å². The zero-order valence-electron chi connectivity index (χ0n) is 16.8. The van der Waals surface area contributed by atoms with Gasteiger partial charge in [-0.15, -0.1) is 0 Å². The molecule has 2 heterocycles. The Morgan fingerprint density at radius 2 is 1.79 bits per heavy atom. The van der Waals surface area contributed by atoms with E-state index in [4.69, 9.17) is 9.47 Å². The topological polar surface area (TPSA) is 84.0 Å². The number of nitrogens with zero attached hydrogens (tertiary/aromatic N) is 3. The van der Waals surface area contributed by atoms with E-state index in [1.54, 1.807) is 18.0 Å². The van der Waals surface area contributed by atoms with Crippen molar-refractivity contribution in [1.82, 2.24) is 9.88 Å². The number of carbonyl (C=O) groups is 2. The molecule has 2 aromatic rings. The molecule has 0 radical (unpaired) electrons. The Labute approximate surface area is 170 Å². The van der Waals surface area contributed by atoms with Crippen molar-refractivity contribution in [1.29, 1.82) is 0 Å². The van der Waals surface area contributed by atoms with Crippen LogP contribution in [0.15, 0.2) is 42.6 Å². The average molecular weight is 398 g/mol. The minimum Gasteiger partial charge on any atom is -0.484 e. The van der Waals surface area contributed by atoms with Crippen LogP contribution < -0.4 is 15.0 Å². The number of aromatic nitrogens is 1. The predicted molar refractivity (Wildman–Crippen MR) is 110 cm³/mol. The lowest BCUT2D eigenvalue weighted by Crippen LogP contribution is -2.49. The van der Waals surface area contributed by atoms with E-state index < -0.39 is 0 Å². The van der Waals surface area contributed by atoms with E-state index in [-0.39, 0.29) is 18.6 Å². The molecule has 1 aliphatic rings. The molecule has 1 N–H and O–H groups in total. The number of anilines is 2. The molecule has 29 heavy (non-hydrogen) atoms. The molecule has 0 unspecified atom stereocenters. The molecule has 8 heteroatoms. The molecule has 1 saturated heterocycles. The molecule has 3 rings (SSSR count). The number of pyridine rings is 1. The summed E-state index contributed by atoms with van der Waals surface area (Å²) in [6.07, 6.45) is 1.35. The van der Waals surface area contributed by atoms with E-state index in [0.717, 1.165) is 11.4 Å². The van der Waals surface area contributed by atoms with Crippen LogP contribution in [0.2, 0.25) is 0 Å². The highest BCUT2D eigenvalue weighted by molar-refractivity contribution is 5.91. The van der Waals surface area contributed by atoms with Crippen molar-refractivity contribution in [2.45, 2.75) is 13.8 Å². The van der Waals surface area contributed by atoms with E-state index in [0.29, 0.717) is 44.2 Å². The fourth-order valence-corrected chi connectivity index (χ4v) is 2.96. The third kappa shape index (κ3) is 5.84. The van der Waals surface area contributed by atoms with Gasteiger partial charge in [0.05, 0.1) is 18.5 Å². The lowest BCUT2D eigenvalue weighted by atomic mass is 10.2. The summed E-state index contributed by atoms with van der Waals surface area (Å²) in [5.74, 6) is 1.21. The monoisotopic (exact) mass is 398 g/mol. The molecule has 154 valence electrons. The molecule has 0 spiro atoms. The highest BCUT2D eigenvalue weighted by Crippen LogP contribution is 2.17. The number of benzene rings is 1. The Kier molecular flexibility index (Phi) is 6.89. The van der Waals surface area contributed by atoms with Gasteiger partial charge < -0.3 is 24.6 Å². The Bertz CT molecular complexity index is 816. The Morgan fingerprint density at radius 1 is 1.07 bits per heavy atom. The fourth-order valence-electron chi connectivity index (χ4n) is 2.96. The molecule has 1 aromatic carbocycles. The van der Waals surface area contributed by atoms with Crippen LogP contribution in [0.4, 0.5) is 16.3 Å². The Morgan fingerprint density at radius 3 is 2.41 bits per heavy atom. The first-order valence-corrected chi connectivity index (χ1v) is 9.67. The number of ether oxygens (including phenoxy) is 2. The molecule has 8 nitrogen and oxygen atoms in total. The minimum atomic E-state index is -0.272. The van der Waals surface area contributed by atoms with E-state index >= 15 is 0 Å². The van der Waals surface area contributed by atoms with Gasteiger partial charge in [0, 0.05) is 26.2 Å². The largest absolute Gasteiger partial charge is 0.484 e. The van der Waals surface area contributed by atoms with Crippen LogP contribution in [0.1, 0.15) is 12.5 Å². The molecule has 0 bridgehead atoms. The Hall–Kier alpha value is -3.29. The normalized spacial score (nSPS) is 13.7. The van der Waals surface area contributed by atoms with Gasteiger partial charge in [0.15, 0.2) is 6.61 Å². The van der Waals surface area contributed by atoms with E-state index in [2.05, 4.69) is 15.2 Å². The van der Waals surface area contributed by atoms with Crippen molar-refractivity contribution >= 4 is 23.5 Å². The van der Waals surface area contributed by atoms with Gasteiger partial charge >= 0.3 is 6.09 Å². The van der Waals surface area contributed by atoms with Crippen LogP contribution >= 0.6 is 0 Å². The molecule has 2 amide bonds. The van der Waals surface area contributed by atoms with Gasteiger partial charge in [-0.05, 0) is 38.1 Å². The summed E-state index contributed by atoms with van der Waals surface area (Å²) in [5.41, 5.74) is 1.74. The van der Waals surface area contributed by atoms with Gasteiger partial charge in [-0.1, -0.05) is 17.7 Å². The zero-order chi connectivity index (χ0) is 20.6. The van der Waals surface area contributed by atoms with E-state index in [1.807, 2.05) is 43.3 Å². The molecule has 1 aliphatic heterocycles. The first-order chi connectivity index (χ1) is 14.0. The number of hydrogen-bond acceptors (Lipinski definition) is 6. The van der Waals surface area contributed by atoms with Crippen LogP contribution in [-0.4, -0.2) is 61.3 Å². The number of carbonyl (C=O) groups excluding carboxylic acids is 2. The van der Waals surface area contributed by atoms with Crippen molar-refractivity contribution < 1.29 is 19.1 Å². The molecule has 0 atom stereocenters. The van der Waals surface area contributed by atoms with Gasteiger partial charge in [0.1, 0.15) is 11.6 Å². The van der Waals surface area contributed by atoms with Crippen LogP contribution in [0.3, 0.4) is 0 Å². The van der Waals surface area contributed by atoms with Gasteiger partial charge in [-0.25, -0.2) is 9.78 Å². The smallest absolute Gasteiger partial charge is 0.409 e. The summed E-state index contributed by atoms with van der Waals surface area (Å²) in [4.78, 5) is 32.1. The number of hydrogen-bond donors (Lipinski definition) is 1. The van der Waals surface area contributed by atoms with Crippen LogP contribution in [0, 0.1) is 6.92 Å². The maximum absolute atomic E-state index is 12.1. The minimum absolute atomic E-state index is 0.0688. The van der Waals surface area contributed by atoms with Crippen LogP contribution in [0.25, 0.3) is 0 Å². The van der Waals surface area contributed by atoms with Crippen LogP contribution in [0.5, 0.6) is 5.75 Å². The standard InChI is InChI=1S/C21H26N4O4/c1-3-28-21(27)25-12-10-24(11-13-25)19-9-6-17(14-22-19)23-20(26)15-29-18-7-4-16(2)5-8-18/h4-9,14H,3,10-13,15H2,1-2H3,(H,23,26). The predicted octanol–water partition coefficient (Wildman–Crippen LogP) is 2.69. The molecular formula is C21H26N4O4. The summed E-state index contributed by atoms with van der Waals surface area (Å²) in [6.45, 7) is 6.65. The van der Waals surface area contributed by atoms with Crippen molar-refractivity contribution in [3.63, 3.8) is 0 Å². The van der Waals surface area contributed by atoms with Crippen molar-refractivity contribution in [3.05, 3.63) is 48.2 Å². The third-order valence-electron chi connectivity index (χ3n) is 4.55. The van der Waals surface area contributed by atoms with Crippen molar-refractivity contribution in [3.8, 4) is 5.75 Å². The molecule has 1 aromatic heterocycles. The van der Waals surface area contributed by atoms with Gasteiger partial charge in [0.2, 0.25) is 0 Å². The lowest BCUT2D eigenvalue weighted by Gasteiger charge is -2.34. The SMILES string of the molecule is CCOC(=O)N1CCN(c2ccc(NC(=O)COc3ccc(C)cc3)cn2)CC1. The van der Waals surface area contributed by atoms with Gasteiger partial charge in [-0.3, -0.25) is 4.79 Å². The number of nitrogens with one attached hydrogen (secondary N) is 1. The third-order valence-corrected chi connectivity index (χ3v) is 4.55. The summed E-state index contributed by atoms with van der Waals surface area (Å²) in [6, 6.07) is 11.2. The van der Waals surface area contributed by atoms with Crippen molar-refractivity contribution in [2.24, 2.45) is 0 Å². The highest BCUT2D eigenvalue weighted by Gasteiger charge is 2.22. The van der Waals surface area contributed by atoms with E-state index in [9.17, 15) is 9.59 Å². The second-order valence-corrected chi connectivity index (χ2v) is 6.73.